The number of hydrogen-bond acceptors (Lipinski definition) is 4. The molecule has 1 unspecified atom stereocenters. The quantitative estimate of drug-likeness (QED) is 0.421. The van der Waals surface area contributed by atoms with Gasteiger partial charge in [0, 0.05) is 12.2 Å². The summed E-state index contributed by atoms with van der Waals surface area (Å²) in [4.78, 5) is 13.7. The van der Waals surface area contributed by atoms with Crippen molar-refractivity contribution in [2.75, 3.05) is 27.7 Å². The number of nitrogens with one attached hydrogen (secondary N) is 1. The Labute approximate surface area is 184 Å². The molecule has 0 radical (unpaired) electrons. The maximum absolute atomic E-state index is 13.7. The molecule has 0 aromatic heterocycles. The van der Waals surface area contributed by atoms with E-state index in [1.54, 1.807) is 0 Å². The van der Waals surface area contributed by atoms with E-state index in [1.807, 2.05) is 48.5 Å². The van der Waals surface area contributed by atoms with E-state index in [9.17, 15) is 4.89 Å². The van der Waals surface area contributed by atoms with Gasteiger partial charge in [0.1, 0.15) is 8.45 Å². The molecule has 156 valence electrons. The van der Waals surface area contributed by atoms with Crippen LogP contribution >= 0.6 is 8.45 Å². The van der Waals surface area contributed by atoms with Gasteiger partial charge >= 0.3 is 0 Å². The Morgan fingerprint density at radius 1 is 0.774 bits per heavy atom. The van der Waals surface area contributed by atoms with E-state index < -0.39 is 8.45 Å². The van der Waals surface area contributed by atoms with Crippen LogP contribution in [0.4, 0.5) is 17.1 Å². The zero-order chi connectivity index (χ0) is 21.0. The minimum Gasteiger partial charge on any atom is -0.644 e. The highest BCUT2D eigenvalue weighted by Gasteiger charge is 2.40. The van der Waals surface area contributed by atoms with Crippen LogP contribution in [0.3, 0.4) is 0 Å². The van der Waals surface area contributed by atoms with Gasteiger partial charge in [-0.2, -0.15) is 0 Å². The smallest absolute Gasteiger partial charge is 0.140 e. The highest BCUT2D eigenvalue weighted by molar-refractivity contribution is 7.54. The van der Waals surface area contributed by atoms with Crippen molar-refractivity contribution in [2.45, 2.75) is 12.5 Å². The fourth-order valence-corrected chi connectivity index (χ4v) is 6.17. The Morgan fingerprint density at radius 2 is 1.45 bits per heavy atom. The molecule has 0 spiro atoms. The predicted molar refractivity (Wildman–Crippen MR) is 132 cm³/mol. The van der Waals surface area contributed by atoms with Crippen LogP contribution in [-0.2, 0) is 0 Å². The highest BCUT2D eigenvalue weighted by atomic mass is 31.2. The fraction of sp³-hybridized carbons (Fsp3) is 0.154. The Balaban J connectivity index is 1.42. The van der Waals surface area contributed by atoms with Crippen LogP contribution in [0, 0.1) is 0 Å². The van der Waals surface area contributed by atoms with Gasteiger partial charge in [-0.3, -0.25) is 0 Å². The van der Waals surface area contributed by atoms with Crippen molar-refractivity contribution in [3.63, 3.8) is 0 Å². The van der Waals surface area contributed by atoms with Crippen molar-refractivity contribution in [1.82, 2.24) is 0 Å². The fourth-order valence-electron chi connectivity index (χ4n) is 4.29. The molecule has 5 rings (SSSR count). The molecule has 4 aromatic carbocycles. The summed E-state index contributed by atoms with van der Waals surface area (Å²) < 4.78 is 4.23. The number of hydrogen-bond donors (Lipinski definition) is 1. The normalized spacial score (nSPS) is 18.5. The summed E-state index contributed by atoms with van der Waals surface area (Å²) >= 11 is 0. The minimum absolute atomic E-state index is 0.170. The third-order valence-corrected chi connectivity index (χ3v) is 7.79. The second-order valence-corrected chi connectivity index (χ2v) is 9.45. The predicted octanol–water partition coefficient (Wildman–Crippen LogP) is 5.36. The van der Waals surface area contributed by atoms with Crippen LogP contribution < -0.4 is 19.6 Å². The molecular formula is C26H26N3OP. The third kappa shape index (κ3) is 4.23. The van der Waals surface area contributed by atoms with E-state index in [4.69, 9.17) is 0 Å². The van der Waals surface area contributed by atoms with Crippen molar-refractivity contribution in [2.24, 2.45) is 0 Å². The lowest BCUT2D eigenvalue weighted by atomic mass is 10.1. The molecule has 4 nitrogen and oxygen atoms in total. The molecular weight excluding hydrogens is 401 g/mol. The Bertz CT molecular complexity index is 1140. The molecule has 1 aliphatic rings. The first-order valence-corrected chi connectivity index (χ1v) is 12.0. The number of anilines is 3. The number of benzene rings is 4. The molecule has 0 amide bonds. The first-order chi connectivity index (χ1) is 15.3. The molecule has 4 aromatic rings. The van der Waals surface area contributed by atoms with Crippen LogP contribution in [0.1, 0.15) is 6.42 Å². The molecule has 1 heterocycles. The maximum atomic E-state index is 13.7. The molecule has 2 atom stereocenters. The van der Waals surface area contributed by atoms with E-state index >= 15 is 0 Å². The molecule has 0 saturated carbocycles. The molecule has 0 aliphatic carbocycles. The van der Waals surface area contributed by atoms with Gasteiger partial charge in [-0.1, -0.05) is 66.7 Å². The van der Waals surface area contributed by atoms with E-state index in [-0.39, 0.29) is 6.04 Å². The van der Waals surface area contributed by atoms with Crippen LogP contribution in [0.25, 0.3) is 10.8 Å². The third-order valence-electron chi connectivity index (χ3n) is 5.86. The second-order valence-electron chi connectivity index (χ2n) is 7.87. The van der Waals surface area contributed by atoms with E-state index in [1.165, 1.54) is 10.8 Å². The Morgan fingerprint density at radius 3 is 2.23 bits per heavy atom. The number of rotatable bonds is 6. The van der Waals surface area contributed by atoms with Gasteiger partial charge in [0.25, 0.3) is 0 Å². The molecule has 5 heteroatoms. The van der Waals surface area contributed by atoms with Crippen LogP contribution in [0.5, 0.6) is 0 Å². The van der Waals surface area contributed by atoms with Gasteiger partial charge in [-0.05, 0) is 53.6 Å². The zero-order valence-electron chi connectivity index (χ0n) is 17.3. The summed E-state index contributed by atoms with van der Waals surface area (Å²) in [5, 5.41) is 5.88. The number of nitrogens with zero attached hydrogens (tertiary/aromatic N) is 2. The van der Waals surface area contributed by atoms with Gasteiger partial charge in [0.05, 0.1) is 24.0 Å². The van der Waals surface area contributed by atoms with Crippen LogP contribution in [0.15, 0.2) is 103 Å². The highest BCUT2D eigenvalue weighted by Crippen LogP contribution is 2.50. The van der Waals surface area contributed by atoms with Gasteiger partial charge in [0.15, 0.2) is 0 Å². The summed E-state index contributed by atoms with van der Waals surface area (Å²) in [7, 11) is -2.16. The Kier molecular flexibility index (Phi) is 5.75. The van der Waals surface area contributed by atoms with Crippen LogP contribution in [0.2, 0.25) is 0 Å². The molecule has 1 N–H and O–H groups in total. The van der Waals surface area contributed by atoms with Gasteiger partial charge in [-0.15, -0.1) is 0 Å². The first kappa shape index (κ1) is 19.9. The molecule has 1 aliphatic heterocycles. The minimum atomic E-state index is -2.16. The summed E-state index contributed by atoms with van der Waals surface area (Å²) in [6.45, 7) is 1.58. The summed E-state index contributed by atoms with van der Waals surface area (Å²) in [6.07, 6.45) is 0.904. The van der Waals surface area contributed by atoms with E-state index in [0.717, 1.165) is 36.6 Å². The molecule has 1 fully saturated rings. The topological polar surface area (TPSA) is 41.6 Å². The average Bonchev–Trinajstić information content (AvgIpc) is 3.16. The van der Waals surface area contributed by atoms with Crippen molar-refractivity contribution in [3.8, 4) is 0 Å². The molecule has 1 saturated heterocycles. The van der Waals surface area contributed by atoms with Crippen molar-refractivity contribution >= 4 is 36.3 Å². The number of para-hydroxylation sites is 2. The summed E-state index contributed by atoms with van der Waals surface area (Å²) in [5.41, 5.74) is 3.17. The molecule has 0 bridgehead atoms. The van der Waals surface area contributed by atoms with Gasteiger partial charge < -0.3 is 10.2 Å². The summed E-state index contributed by atoms with van der Waals surface area (Å²) in [6, 6.07) is 35.3. The largest absolute Gasteiger partial charge is 0.644 e. The van der Waals surface area contributed by atoms with E-state index in [0.29, 0.717) is 0 Å². The van der Waals surface area contributed by atoms with Crippen molar-refractivity contribution in [3.05, 3.63) is 103 Å². The zero-order valence-corrected chi connectivity index (χ0v) is 18.3. The SMILES string of the molecule is [O-][PH+]1N(c2ccccc2)C[C@H](CCNc2ccccc2)N1c1ccc2ccccc2c1. The lowest BCUT2D eigenvalue weighted by Gasteiger charge is -2.29. The Hall–Kier alpha value is -3.07. The summed E-state index contributed by atoms with van der Waals surface area (Å²) in [5.74, 6) is 0. The van der Waals surface area contributed by atoms with Gasteiger partial charge in [0.2, 0.25) is 0 Å². The first-order valence-electron chi connectivity index (χ1n) is 10.7. The monoisotopic (exact) mass is 427 g/mol. The maximum Gasteiger partial charge on any atom is 0.140 e. The van der Waals surface area contributed by atoms with Crippen molar-refractivity contribution < 1.29 is 4.89 Å². The average molecular weight is 427 g/mol. The van der Waals surface area contributed by atoms with Crippen LogP contribution in [-0.4, -0.2) is 19.1 Å². The molecule has 31 heavy (non-hydrogen) atoms. The lowest BCUT2D eigenvalue weighted by molar-refractivity contribution is -0.160. The standard InChI is InChI=1S/C26H26N3OP/c30-31-28(24-13-5-2-6-14-24)20-26(17-18-27-23-11-3-1-4-12-23)29(31)25-16-15-21-9-7-8-10-22(21)19-25/h1-16,19,26-27,31H,17-18,20H2/t26-/m0/s1. The lowest BCUT2D eigenvalue weighted by Crippen LogP contribution is -2.31. The number of fused-ring (bicyclic) bond motifs is 1. The van der Waals surface area contributed by atoms with Gasteiger partial charge in [-0.25, -0.2) is 9.34 Å². The van der Waals surface area contributed by atoms with E-state index in [2.05, 4.69) is 69.3 Å². The second kappa shape index (κ2) is 8.97. The van der Waals surface area contributed by atoms with Crippen molar-refractivity contribution in [1.29, 1.82) is 0 Å².